The molecule has 31 heavy (non-hydrogen) atoms. The molecule has 0 atom stereocenters. The first kappa shape index (κ1) is 20.9. The van der Waals surface area contributed by atoms with Crippen molar-refractivity contribution in [3.63, 3.8) is 0 Å². The number of rotatable bonds is 5. The standard InChI is InChI=1S/C26H28O5/c27-21-6-8-24(29)18(14-21)10-16-11-20(13-19-15-22(28)7-9-25(19)30)26(31)23(12-16)17-4-2-1-3-5-17/h6-9,11-12,14-15,17,27-31H,1-5,10,13H2. The zero-order valence-corrected chi connectivity index (χ0v) is 17.4. The minimum absolute atomic E-state index is 0.0561. The Morgan fingerprint density at radius 2 is 1.19 bits per heavy atom. The van der Waals surface area contributed by atoms with Crippen molar-refractivity contribution in [2.45, 2.75) is 50.9 Å². The van der Waals surface area contributed by atoms with Crippen LogP contribution in [0.1, 0.15) is 65.8 Å². The van der Waals surface area contributed by atoms with E-state index in [1.807, 2.05) is 12.1 Å². The van der Waals surface area contributed by atoms with E-state index in [1.54, 1.807) is 6.07 Å². The minimum Gasteiger partial charge on any atom is -0.508 e. The van der Waals surface area contributed by atoms with Gasteiger partial charge in [-0.1, -0.05) is 31.4 Å². The van der Waals surface area contributed by atoms with Crippen molar-refractivity contribution in [3.05, 3.63) is 76.3 Å². The number of aromatic hydroxyl groups is 5. The SMILES string of the molecule is Oc1ccc(O)c(Cc2cc(Cc3cc(O)ccc3O)c(O)c(C3CCCCC3)c2)c1. The molecule has 162 valence electrons. The zero-order valence-electron chi connectivity index (χ0n) is 17.4. The molecule has 0 bridgehead atoms. The predicted molar refractivity (Wildman–Crippen MR) is 119 cm³/mol. The van der Waals surface area contributed by atoms with Gasteiger partial charge in [-0.25, -0.2) is 0 Å². The van der Waals surface area contributed by atoms with E-state index in [4.69, 9.17) is 0 Å². The summed E-state index contributed by atoms with van der Waals surface area (Å²) in [5.41, 5.74) is 3.60. The van der Waals surface area contributed by atoms with Crippen LogP contribution in [0.4, 0.5) is 0 Å². The number of phenolic OH excluding ortho intramolecular Hbond substituents is 5. The van der Waals surface area contributed by atoms with E-state index in [1.165, 1.54) is 36.8 Å². The molecular weight excluding hydrogens is 392 g/mol. The van der Waals surface area contributed by atoms with Crippen LogP contribution in [-0.4, -0.2) is 25.5 Å². The summed E-state index contributed by atoms with van der Waals surface area (Å²) in [4.78, 5) is 0. The second-order valence-corrected chi connectivity index (χ2v) is 8.51. The monoisotopic (exact) mass is 420 g/mol. The fraction of sp³-hybridized carbons (Fsp3) is 0.308. The lowest BCUT2D eigenvalue weighted by molar-refractivity contribution is 0.411. The molecule has 0 spiro atoms. The summed E-state index contributed by atoms with van der Waals surface area (Å²) in [6.07, 6.45) is 6.17. The number of benzene rings is 3. The molecule has 5 nitrogen and oxygen atoms in total. The van der Waals surface area contributed by atoms with Gasteiger partial charge in [-0.15, -0.1) is 0 Å². The quantitative estimate of drug-likeness (QED) is 0.354. The Bertz CT molecular complexity index is 1080. The van der Waals surface area contributed by atoms with Gasteiger partial charge in [0.05, 0.1) is 0 Å². The molecule has 0 radical (unpaired) electrons. The number of phenols is 5. The molecule has 5 N–H and O–H groups in total. The highest BCUT2D eigenvalue weighted by molar-refractivity contribution is 5.52. The highest BCUT2D eigenvalue weighted by Gasteiger charge is 2.22. The largest absolute Gasteiger partial charge is 0.508 e. The van der Waals surface area contributed by atoms with E-state index in [0.29, 0.717) is 23.1 Å². The second kappa shape index (κ2) is 8.80. The van der Waals surface area contributed by atoms with Crippen LogP contribution in [0.3, 0.4) is 0 Å². The first-order chi connectivity index (χ1) is 14.9. The average Bonchev–Trinajstić information content (AvgIpc) is 2.76. The summed E-state index contributed by atoms with van der Waals surface area (Å²) < 4.78 is 0. The van der Waals surface area contributed by atoms with Gasteiger partial charge in [0, 0.05) is 24.0 Å². The molecule has 1 aliphatic rings. The van der Waals surface area contributed by atoms with Gasteiger partial charge in [0.15, 0.2) is 0 Å². The molecule has 5 heteroatoms. The first-order valence-electron chi connectivity index (χ1n) is 10.8. The molecule has 0 amide bonds. The summed E-state index contributed by atoms with van der Waals surface area (Å²) in [5, 5.41) is 51.2. The fourth-order valence-electron chi connectivity index (χ4n) is 4.60. The highest BCUT2D eigenvalue weighted by atomic mass is 16.3. The Kier molecular flexibility index (Phi) is 5.94. The summed E-state index contributed by atoms with van der Waals surface area (Å²) in [7, 11) is 0. The third-order valence-corrected chi connectivity index (χ3v) is 6.22. The summed E-state index contributed by atoms with van der Waals surface area (Å²) >= 11 is 0. The number of hydrogen-bond donors (Lipinski definition) is 5. The van der Waals surface area contributed by atoms with Crippen LogP contribution >= 0.6 is 0 Å². The van der Waals surface area contributed by atoms with Crippen LogP contribution in [0, 0.1) is 0 Å². The van der Waals surface area contributed by atoms with Crippen molar-refractivity contribution in [2.24, 2.45) is 0 Å². The Labute approximate surface area is 181 Å². The van der Waals surface area contributed by atoms with E-state index in [2.05, 4.69) is 0 Å². The van der Waals surface area contributed by atoms with Crippen LogP contribution in [0.5, 0.6) is 28.7 Å². The van der Waals surface area contributed by atoms with Crippen molar-refractivity contribution < 1.29 is 25.5 Å². The molecule has 0 aliphatic heterocycles. The Morgan fingerprint density at radius 1 is 0.613 bits per heavy atom. The lowest BCUT2D eigenvalue weighted by Crippen LogP contribution is -2.07. The van der Waals surface area contributed by atoms with E-state index in [0.717, 1.165) is 36.8 Å². The number of hydrogen-bond acceptors (Lipinski definition) is 5. The van der Waals surface area contributed by atoms with E-state index in [-0.39, 0.29) is 41.1 Å². The van der Waals surface area contributed by atoms with E-state index in [9.17, 15) is 25.5 Å². The first-order valence-corrected chi connectivity index (χ1v) is 10.8. The van der Waals surface area contributed by atoms with Gasteiger partial charge in [0.25, 0.3) is 0 Å². The van der Waals surface area contributed by atoms with Gasteiger partial charge >= 0.3 is 0 Å². The maximum Gasteiger partial charge on any atom is 0.122 e. The maximum absolute atomic E-state index is 11.1. The predicted octanol–water partition coefficient (Wildman–Crippen LogP) is 5.44. The van der Waals surface area contributed by atoms with Crippen LogP contribution in [0.25, 0.3) is 0 Å². The van der Waals surface area contributed by atoms with Crippen LogP contribution in [0.15, 0.2) is 48.5 Å². The van der Waals surface area contributed by atoms with Gasteiger partial charge < -0.3 is 25.5 Å². The third kappa shape index (κ3) is 4.71. The van der Waals surface area contributed by atoms with Crippen molar-refractivity contribution in [2.75, 3.05) is 0 Å². The molecular formula is C26H28O5. The molecule has 0 saturated heterocycles. The van der Waals surface area contributed by atoms with Crippen molar-refractivity contribution in [1.29, 1.82) is 0 Å². The normalized spacial score (nSPS) is 14.6. The summed E-state index contributed by atoms with van der Waals surface area (Å²) in [6.45, 7) is 0. The lowest BCUT2D eigenvalue weighted by Gasteiger charge is -2.25. The zero-order chi connectivity index (χ0) is 22.0. The summed E-state index contributed by atoms with van der Waals surface area (Å²) in [5.74, 6) is 0.816. The highest BCUT2D eigenvalue weighted by Crippen LogP contribution is 2.41. The van der Waals surface area contributed by atoms with Gasteiger partial charge in [0.1, 0.15) is 28.7 Å². The van der Waals surface area contributed by atoms with Crippen LogP contribution in [-0.2, 0) is 12.8 Å². The molecule has 3 aromatic rings. The maximum atomic E-state index is 11.1. The second-order valence-electron chi connectivity index (χ2n) is 8.51. The van der Waals surface area contributed by atoms with Crippen LogP contribution in [0.2, 0.25) is 0 Å². The molecule has 4 rings (SSSR count). The third-order valence-electron chi connectivity index (χ3n) is 6.22. The van der Waals surface area contributed by atoms with Crippen LogP contribution < -0.4 is 0 Å². The van der Waals surface area contributed by atoms with Crippen molar-refractivity contribution in [3.8, 4) is 28.7 Å². The average molecular weight is 421 g/mol. The van der Waals surface area contributed by atoms with Crippen molar-refractivity contribution >= 4 is 0 Å². The van der Waals surface area contributed by atoms with Gasteiger partial charge in [-0.05, 0) is 71.8 Å². The summed E-state index contributed by atoms with van der Waals surface area (Å²) in [6, 6.07) is 12.7. The van der Waals surface area contributed by atoms with E-state index >= 15 is 0 Å². The molecule has 1 fully saturated rings. The Hall–Kier alpha value is -3.34. The Morgan fingerprint density at radius 3 is 1.81 bits per heavy atom. The van der Waals surface area contributed by atoms with Crippen molar-refractivity contribution in [1.82, 2.24) is 0 Å². The van der Waals surface area contributed by atoms with E-state index < -0.39 is 0 Å². The molecule has 1 saturated carbocycles. The topological polar surface area (TPSA) is 101 Å². The molecule has 0 unspecified atom stereocenters. The fourth-order valence-corrected chi connectivity index (χ4v) is 4.60. The molecule has 0 heterocycles. The minimum atomic E-state index is 0.0561. The lowest BCUT2D eigenvalue weighted by atomic mass is 9.81. The molecule has 0 aromatic heterocycles. The van der Waals surface area contributed by atoms with Gasteiger partial charge in [-0.2, -0.15) is 0 Å². The smallest absolute Gasteiger partial charge is 0.122 e. The molecule has 3 aromatic carbocycles. The van der Waals surface area contributed by atoms with Gasteiger partial charge in [0.2, 0.25) is 0 Å². The van der Waals surface area contributed by atoms with Gasteiger partial charge in [-0.3, -0.25) is 0 Å². The molecule has 1 aliphatic carbocycles. The Balaban J connectivity index is 1.76.